The average Bonchev–Trinajstić information content (AvgIpc) is 2.21. The lowest BCUT2D eigenvalue weighted by molar-refractivity contribution is 0.546. The first-order valence-electron chi connectivity index (χ1n) is 5.62. The molecule has 1 atom stereocenters. The van der Waals surface area contributed by atoms with Crippen LogP contribution in [0.2, 0.25) is 5.02 Å². The second-order valence-corrected chi connectivity index (χ2v) is 4.77. The third-order valence-electron chi connectivity index (χ3n) is 2.82. The van der Waals surface area contributed by atoms with Crippen LogP contribution in [-0.2, 0) is 0 Å². The molecule has 0 heterocycles. The lowest BCUT2D eigenvalue weighted by Gasteiger charge is -2.19. The molecule has 1 nitrogen and oxygen atoms in total. The molecule has 0 aliphatic heterocycles. The molecule has 0 fully saturated rings. The summed E-state index contributed by atoms with van der Waals surface area (Å²) in [4.78, 5) is 0. The minimum Gasteiger partial charge on any atom is -0.313 e. The van der Waals surface area contributed by atoms with E-state index in [1.54, 1.807) is 0 Å². The van der Waals surface area contributed by atoms with Gasteiger partial charge >= 0.3 is 0 Å². The van der Waals surface area contributed by atoms with Gasteiger partial charge in [-0.2, -0.15) is 0 Å². The summed E-state index contributed by atoms with van der Waals surface area (Å²) < 4.78 is 0. The van der Waals surface area contributed by atoms with Gasteiger partial charge in [0.25, 0.3) is 0 Å². The Morgan fingerprint density at radius 3 is 2.69 bits per heavy atom. The van der Waals surface area contributed by atoms with Crippen molar-refractivity contribution in [3.05, 3.63) is 46.5 Å². The number of aryl methyl sites for hydroxylation is 1. The number of hydrogen-bond donors (Lipinski definition) is 1. The zero-order chi connectivity index (χ0) is 12.1. The maximum absolute atomic E-state index is 5.96. The molecule has 0 aromatic heterocycles. The highest BCUT2D eigenvalue weighted by Crippen LogP contribution is 2.25. The number of halogens is 1. The van der Waals surface area contributed by atoms with Crippen LogP contribution in [-0.4, -0.2) is 7.05 Å². The van der Waals surface area contributed by atoms with E-state index in [0.29, 0.717) is 6.04 Å². The van der Waals surface area contributed by atoms with Crippen LogP contribution in [0, 0.1) is 6.92 Å². The van der Waals surface area contributed by atoms with Crippen molar-refractivity contribution in [2.24, 2.45) is 0 Å². The lowest BCUT2D eigenvalue weighted by Crippen LogP contribution is -2.17. The third-order valence-corrected chi connectivity index (χ3v) is 3.05. The number of allylic oxidation sites excluding steroid dienone is 1. The molecular weight excluding hydrogens is 218 g/mol. The first-order valence-corrected chi connectivity index (χ1v) is 6.00. The molecule has 16 heavy (non-hydrogen) atoms. The summed E-state index contributed by atoms with van der Waals surface area (Å²) in [5.41, 5.74) is 3.80. The molecule has 1 rings (SSSR count). The maximum Gasteiger partial charge on any atom is 0.0408 e. The van der Waals surface area contributed by atoms with Gasteiger partial charge in [0.05, 0.1) is 0 Å². The predicted octanol–water partition coefficient (Wildman–Crippen LogP) is 4.27. The van der Waals surface area contributed by atoms with E-state index >= 15 is 0 Å². The summed E-state index contributed by atoms with van der Waals surface area (Å²) in [6.07, 6.45) is 2.13. The molecule has 0 saturated heterocycles. The Kier molecular flexibility index (Phi) is 5.04. The Morgan fingerprint density at radius 2 is 2.19 bits per heavy atom. The van der Waals surface area contributed by atoms with Crippen molar-refractivity contribution in [3.8, 4) is 0 Å². The summed E-state index contributed by atoms with van der Waals surface area (Å²) in [7, 11) is 2.00. The molecule has 0 amide bonds. The van der Waals surface area contributed by atoms with Gasteiger partial charge in [-0.15, -0.1) is 6.58 Å². The zero-order valence-corrected chi connectivity index (χ0v) is 11.1. The first-order chi connectivity index (χ1) is 7.54. The van der Waals surface area contributed by atoms with E-state index in [2.05, 4.69) is 31.8 Å². The lowest BCUT2D eigenvalue weighted by atomic mass is 9.96. The van der Waals surface area contributed by atoms with Gasteiger partial charge < -0.3 is 5.32 Å². The zero-order valence-electron chi connectivity index (χ0n) is 10.3. The molecule has 88 valence electrons. The monoisotopic (exact) mass is 237 g/mol. The third kappa shape index (κ3) is 3.66. The molecule has 0 aliphatic carbocycles. The molecule has 0 spiro atoms. The van der Waals surface area contributed by atoms with Crippen molar-refractivity contribution in [2.45, 2.75) is 32.7 Å². The van der Waals surface area contributed by atoms with Crippen LogP contribution in [0.15, 0.2) is 30.4 Å². The minimum atomic E-state index is 0.383. The van der Waals surface area contributed by atoms with Crippen LogP contribution in [0.4, 0.5) is 0 Å². The van der Waals surface area contributed by atoms with Crippen LogP contribution < -0.4 is 5.32 Å². The van der Waals surface area contributed by atoms with Crippen molar-refractivity contribution in [2.75, 3.05) is 7.05 Å². The molecule has 0 bridgehead atoms. The van der Waals surface area contributed by atoms with E-state index in [1.807, 2.05) is 19.2 Å². The Hall–Kier alpha value is -0.790. The van der Waals surface area contributed by atoms with Gasteiger partial charge in [0.15, 0.2) is 0 Å². The fourth-order valence-corrected chi connectivity index (χ4v) is 2.10. The highest BCUT2D eigenvalue weighted by molar-refractivity contribution is 6.30. The van der Waals surface area contributed by atoms with Crippen molar-refractivity contribution in [3.63, 3.8) is 0 Å². The molecule has 0 saturated carbocycles. The number of nitrogens with one attached hydrogen (secondary N) is 1. The van der Waals surface area contributed by atoms with Gasteiger partial charge in [-0.3, -0.25) is 0 Å². The van der Waals surface area contributed by atoms with Crippen LogP contribution in [0.5, 0.6) is 0 Å². The van der Waals surface area contributed by atoms with E-state index in [1.165, 1.54) is 16.7 Å². The second kappa shape index (κ2) is 6.07. The summed E-state index contributed by atoms with van der Waals surface area (Å²) in [6.45, 7) is 8.12. The topological polar surface area (TPSA) is 12.0 Å². The first kappa shape index (κ1) is 13.3. The predicted molar refractivity (Wildman–Crippen MR) is 72.0 cm³/mol. The summed E-state index contributed by atoms with van der Waals surface area (Å²) in [5.74, 6) is 0. The quantitative estimate of drug-likeness (QED) is 0.755. The second-order valence-electron chi connectivity index (χ2n) is 4.34. The van der Waals surface area contributed by atoms with Crippen LogP contribution in [0.3, 0.4) is 0 Å². The molecule has 1 aromatic rings. The van der Waals surface area contributed by atoms with Gasteiger partial charge in [-0.1, -0.05) is 23.2 Å². The average molecular weight is 238 g/mol. The molecule has 2 heteroatoms. The van der Waals surface area contributed by atoms with Gasteiger partial charge in [-0.05, 0) is 57.0 Å². The van der Waals surface area contributed by atoms with Crippen molar-refractivity contribution < 1.29 is 0 Å². The molecule has 1 aromatic carbocycles. The molecule has 1 unspecified atom stereocenters. The molecule has 1 N–H and O–H groups in total. The van der Waals surface area contributed by atoms with E-state index < -0.39 is 0 Å². The van der Waals surface area contributed by atoms with Gasteiger partial charge in [0, 0.05) is 11.1 Å². The van der Waals surface area contributed by atoms with E-state index in [-0.39, 0.29) is 0 Å². The van der Waals surface area contributed by atoms with E-state index in [9.17, 15) is 0 Å². The summed E-state index contributed by atoms with van der Waals surface area (Å²) in [6, 6.07) is 6.46. The van der Waals surface area contributed by atoms with Gasteiger partial charge in [0.2, 0.25) is 0 Å². The van der Waals surface area contributed by atoms with Crippen molar-refractivity contribution in [1.82, 2.24) is 5.32 Å². The van der Waals surface area contributed by atoms with Crippen LogP contribution >= 0.6 is 11.6 Å². The number of benzene rings is 1. The van der Waals surface area contributed by atoms with Gasteiger partial charge in [0.1, 0.15) is 0 Å². The largest absolute Gasteiger partial charge is 0.313 e. The molecular formula is C14H20ClN. The highest BCUT2D eigenvalue weighted by atomic mass is 35.5. The van der Waals surface area contributed by atoms with Crippen LogP contribution in [0.1, 0.15) is 36.9 Å². The molecule has 0 radical (unpaired) electrons. The number of hydrogen-bond acceptors (Lipinski definition) is 1. The summed E-state index contributed by atoms with van der Waals surface area (Å²) >= 11 is 5.96. The Bertz CT molecular complexity index is 371. The summed E-state index contributed by atoms with van der Waals surface area (Å²) in [5, 5.41) is 4.15. The fraction of sp³-hybridized carbons (Fsp3) is 0.429. The normalized spacial score (nSPS) is 12.5. The SMILES string of the molecule is C=C(C)CCC(NC)c1ccc(Cl)cc1C. The smallest absolute Gasteiger partial charge is 0.0408 e. The van der Waals surface area contributed by atoms with Crippen molar-refractivity contribution >= 4 is 11.6 Å². The Labute approximate surface area is 104 Å². The standard InChI is InChI=1S/C14H20ClN/c1-10(2)5-8-14(16-4)13-7-6-12(15)9-11(13)3/h6-7,9,14,16H,1,5,8H2,2-4H3. The fourth-order valence-electron chi connectivity index (χ4n) is 1.88. The van der Waals surface area contributed by atoms with Gasteiger partial charge in [-0.25, -0.2) is 0 Å². The van der Waals surface area contributed by atoms with Crippen molar-refractivity contribution in [1.29, 1.82) is 0 Å². The van der Waals surface area contributed by atoms with E-state index in [0.717, 1.165) is 17.9 Å². The molecule has 0 aliphatic rings. The number of rotatable bonds is 5. The Morgan fingerprint density at radius 1 is 1.50 bits per heavy atom. The maximum atomic E-state index is 5.96. The highest BCUT2D eigenvalue weighted by Gasteiger charge is 2.11. The Balaban J connectivity index is 2.82. The van der Waals surface area contributed by atoms with E-state index in [4.69, 9.17) is 11.6 Å². The van der Waals surface area contributed by atoms with Crippen LogP contribution in [0.25, 0.3) is 0 Å². The minimum absolute atomic E-state index is 0.383.